The minimum Gasteiger partial charge on any atom is -0.493 e. The van der Waals surface area contributed by atoms with E-state index in [0.29, 0.717) is 15.8 Å². The molecule has 9 heteroatoms. The van der Waals surface area contributed by atoms with E-state index >= 15 is 0 Å². The average molecular weight is 351 g/mol. The zero-order valence-electron chi connectivity index (χ0n) is 12.0. The summed E-state index contributed by atoms with van der Waals surface area (Å²) in [6, 6.07) is 9.37. The van der Waals surface area contributed by atoms with Crippen LogP contribution in [0.2, 0.25) is 4.34 Å². The Balaban J connectivity index is 1.80. The zero-order chi connectivity index (χ0) is 16.2. The molecule has 2 heterocycles. The van der Waals surface area contributed by atoms with E-state index in [1.807, 2.05) is 30.3 Å². The summed E-state index contributed by atoms with van der Waals surface area (Å²) in [5.41, 5.74) is 1.29. The Labute approximate surface area is 140 Å². The maximum atomic E-state index is 12.2. The van der Waals surface area contributed by atoms with Crippen LogP contribution in [0.5, 0.6) is 5.75 Å². The number of carbonyl (C=O) groups excluding carboxylic acids is 1. The second-order valence-corrected chi connectivity index (χ2v) is 5.75. The van der Waals surface area contributed by atoms with Crippen LogP contribution in [0.3, 0.4) is 0 Å². The number of halogens is 1. The molecule has 0 amide bonds. The lowest BCUT2D eigenvalue weighted by Gasteiger charge is -2.02. The van der Waals surface area contributed by atoms with E-state index < -0.39 is 5.97 Å². The van der Waals surface area contributed by atoms with E-state index in [4.69, 9.17) is 21.1 Å². The standard InChI is InChI=1S/C14H11ClN4O3S/c1-21-11-7-19(9-5-3-2-4-6-9)17-12(11)14(20)22-8-10-13(15)23-18-16-10/h2-7H,8H2,1H3. The maximum Gasteiger partial charge on any atom is 0.363 e. The fourth-order valence-corrected chi connectivity index (χ4v) is 2.45. The van der Waals surface area contributed by atoms with Crippen LogP contribution in [0.25, 0.3) is 5.69 Å². The molecule has 0 spiro atoms. The van der Waals surface area contributed by atoms with Crippen molar-refractivity contribution in [1.82, 2.24) is 19.4 Å². The first kappa shape index (κ1) is 15.4. The van der Waals surface area contributed by atoms with E-state index in [1.165, 1.54) is 7.11 Å². The van der Waals surface area contributed by atoms with Gasteiger partial charge in [0.15, 0.2) is 5.75 Å². The van der Waals surface area contributed by atoms with Crippen LogP contribution in [-0.4, -0.2) is 32.4 Å². The van der Waals surface area contributed by atoms with Crippen molar-refractivity contribution in [3.8, 4) is 11.4 Å². The van der Waals surface area contributed by atoms with Crippen LogP contribution in [0.1, 0.15) is 16.2 Å². The molecule has 23 heavy (non-hydrogen) atoms. The number of rotatable bonds is 5. The smallest absolute Gasteiger partial charge is 0.363 e. The van der Waals surface area contributed by atoms with Crippen LogP contribution in [0, 0.1) is 0 Å². The summed E-state index contributed by atoms with van der Waals surface area (Å²) in [6.45, 7) is -0.0739. The predicted molar refractivity (Wildman–Crippen MR) is 84.2 cm³/mol. The van der Waals surface area contributed by atoms with Crippen molar-refractivity contribution in [2.75, 3.05) is 7.11 Å². The van der Waals surface area contributed by atoms with Crippen molar-refractivity contribution in [2.45, 2.75) is 6.61 Å². The fourth-order valence-electron chi connectivity index (χ4n) is 1.85. The molecule has 7 nitrogen and oxygen atoms in total. The molecule has 0 N–H and O–H groups in total. The topological polar surface area (TPSA) is 79.1 Å². The van der Waals surface area contributed by atoms with Crippen LogP contribution in [0.15, 0.2) is 36.5 Å². The van der Waals surface area contributed by atoms with Gasteiger partial charge in [0.2, 0.25) is 5.69 Å². The van der Waals surface area contributed by atoms with Crippen LogP contribution >= 0.6 is 23.1 Å². The monoisotopic (exact) mass is 350 g/mol. The average Bonchev–Trinajstić information content (AvgIpc) is 3.19. The molecule has 0 aliphatic carbocycles. The van der Waals surface area contributed by atoms with Gasteiger partial charge in [-0.25, -0.2) is 9.48 Å². The lowest BCUT2D eigenvalue weighted by atomic mass is 10.3. The van der Waals surface area contributed by atoms with E-state index in [2.05, 4.69) is 14.7 Å². The van der Waals surface area contributed by atoms with Gasteiger partial charge in [-0.2, -0.15) is 5.10 Å². The number of para-hydroxylation sites is 1. The van der Waals surface area contributed by atoms with Crippen molar-refractivity contribution in [3.05, 3.63) is 52.3 Å². The second kappa shape index (κ2) is 6.76. The van der Waals surface area contributed by atoms with Crippen molar-refractivity contribution in [1.29, 1.82) is 0 Å². The Kier molecular flexibility index (Phi) is 4.54. The van der Waals surface area contributed by atoms with Gasteiger partial charge in [0.25, 0.3) is 0 Å². The van der Waals surface area contributed by atoms with Crippen LogP contribution in [0.4, 0.5) is 0 Å². The number of carbonyl (C=O) groups is 1. The number of hydrogen-bond acceptors (Lipinski definition) is 7. The van der Waals surface area contributed by atoms with Crippen molar-refractivity contribution in [2.24, 2.45) is 0 Å². The van der Waals surface area contributed by atoms with E-state index in [1.54, 1.807) is 10.9 Å². The number of hydrogen-bond donors (Lipinski definition) is 0. The SMILES string of the molecule is COc1cn(-c2ccccc2)nc1C(=O)OCc1nnsc1Cl. The molecule has 0 bridgehead atoms. The summed E-state index contributed by atoms with van der Waals surface area (Å²) in [4.78, 5) is 12.2. The maximum absolute atomic E-state index is 12.2. The number of methoxy groups -OCH3 is 1. The normalized spacial score (nSPS) is 10.5. The Bertz CT molecular complexity index is 819. The van der Waals surface area contributed by atoms with E-state index in [9.17, 15) is 4.79 Å². The highest BCUT2D eigenvalue weighted by atomic mass is 35.5. The molecule has 118 valence electrons. The highest BCUT2D eigenvalue weighted by Crippen LogP contribution is 2.22. The molecule has 0 aliphatic rings. The summed E-state index contributed by atoms with van der Waals surface area (Å²) in [6.07, 6.45) is 1.61. The number of nitrogens with zero attached hydrogens (tertiary/aromatic N) is 4. The molecule has 3 aromatic rings. The summed E-state index contributed by atoms with van der Waals surface area (Å²) >= 11 is 6.90. The molecule has 0 fully saturated rings. The number of aromatic nitrogens is 4. The zero-order valence-corrected chi connectivity index (χ0v) is 13.5. The molecule has 0 radical (unpaired) electrons. The first-order valence-corrected chi connectivity index (χ1v) is 7.67. The molecule has 3 rings (SSSR count). The van der Waals surface area contributed by atoms with Gasteiger partial charge < -0.3 is 9.47 Å². The summed E-state index contributed by atoms with van der Waals surface area (Å²) in [7, 11) is 1.46. The molecule has 0 unspecified atom stereocenters. The van der Waals surface area contributed by atoms with Gasteiger partial charge in [0.1, 0.15) is 16.6 Å². The Morgan fingerprint density at radius 1 is 1.35 bits per heavy atom. The quantitative estimate of drug-likeness (QED) is 0.658. The summed E-state index contributed by atoms with van der Waals surface area (Å²) in [5, 5.41) is 8.00. The third-order valence-corrected chi connectivity index (χ3v) is 3.95. The molecular weight excluding hydrogens is 340 g/mol. The minimum absolute atomic E-state index is 0.0739. The Morgan fingerprint density at radius 2 is 2.13 bits per heavy atom. The van der Waals surface area contributed by atoms with Crippen molar-refractivity contribution < 1.29 is 14.3 Å². The summed E-state index contributed by atoms with van der Waals surface area (Å²) < 4.78 is 16.0. The van der Waals surface area contributed by atoms with Gasteiger partial charge in [-0.15, -0.1) is 5.10 Å². The minimum atomic E-state index is -0.624. The highest BCUT2D eigenvalue weighted by molar-refractivity contribution is 7.10. The van der Waals surface area contributed by atoms with Crippen molar-refractivity contribution in [3.63, 3.8) is 0 Å². The van der Waals surface area contributed by atoms with E-state index in [0.717, 1.165) is 17.2 Å². The van der Waals surface area contributed by atoms with Gasteiger partial charge >= 0.3 is 5.97 Å². The number of ether oxygens (including phenoxy) is 2. The Morgan fingerprint density at radius 3 is 2.78 bits per heavy atom. The second-order valence-electron chi connectivity index (χ2n) is 4.40. The molecule has 0 aliphatic heterocycles. The summed E-state index contributed by atoms with van der Waals surface area (Å²) in [5.74, 6) is -0.304. The van der Waals surface area contributed by atoms with Gasteiger partial charge in [-0.1, -0.05) is 34.3 Å². The van der Waals surface area contributed by atoms with Crippen LogP contribution in [-0.2, 0) is 11.3 Å². The molecule has 2 aromatic heterocycles. The third kappa shape index (κ3) is 3.33. The number of benzene rings is 1. The number of esters is 1. The lowest BCUT2D eigenvalue weighted by Crippen LogP contribution is -2.08. The van der Waals surface area contributed by atoms with Gasteiger partial charge in [0.05, 0.1) is 19.0 Å². The molecule has 0 saturated heterocycles. The highest BCUT2D eigenvalue weighted by Gasteiger charge is 2.20. The fraction of sp³-hybridized carbons (Fsp3) is 0.143. The first-order valence-electron chi connectivity index (χ1n) is 6.52. The molecule has 1 aromatic carbocycles. The van der Waals surface area contributed by atoms with Crippen LogP contribution < -0.4 is 4.74 Å². The largest absolute Gasteiger partial charge is 0.493 e. The molecular formula is C14H11ClN4O3S. The van der Waals surface area contributed by atoms with Gasteiger partial charge in [0, 0.05) is 11.5 Å². The van der Waals surface area contributed by atoms with Crippen molar-refractivity contribution >= 4 is 29.1 Å². The first-order chi connectivity index (χ1) is 11.2. The molecule has 0 saturated carbocycles. The molecule has 0 atom stereocenters. The van der Waals surface area contributed by atoms with Gasteiger partial charge in [-0.3, -0.25) is 0 Å². The third-order valence-electron chi connectivity index (χ3n) is 2.96. The Hall–Kier alpha value is -2.45. The van der Waals surface area contributed by atoms with Gasteiger partial charge in [-0.05, 0) is 12.1 Å². The lowest BCUT2D eigenvalue weighted by molar-refractivity contribution is 0.0457. The van der Waals surface area contributed by atoms with E-state index in [-0.39, 0.29) is 12.3 Å². The predicted octanol–water partition coefficient (Wildman–Crippen LogP) is 2.74.